The van der Waals surface area contributed by atoms with Crippen molar-refractivity contribution in [3.63, 3.8) is 0 Å². The highest BCUT2D eigenvalue weighted by Gasteiger charge is 2.53. The van der Waals surface area contributed by atoms with Gasteiger partial charge >= 0.3 is 0 Å². The molecule has 0 amide bonds. The monoisotopic (exact) mass is 370 g/mol. The molecule has 1 nitrogen and oxygen atoms in total. The van der Waals surface area contributed by atoms with E-state index in [1.165, 1.54) is 23.1 Å². The van der Waals surface area contributed by atoms with Crippen LogP contribution < -0.4 is 0 Å². The smallest absolute Gasteiger partial charge is 0.143 e. The first kappa shape index (κ1) is 19.0. The predicted octanol–water partition coefficient (Wildman–Crippen LogP) is 6.68. The first-order chi connectivity index (χ1) is 13.6. The number of benzene rings is 3. The molecule has 0 unspecified atom stereocenters. The highest BCUT2D eigenvalue weighted by Crippen LogP contribution is 2.58. The van der Waals surface area contributed by atoms with Gasteiger partial charge in [-0.15, -0.1) is 0 Å². The molecule has 28 heavy (non-hydrogen) atoms. The van der Waals surface area contributed by atoms with Gasteiger partial charge in [-0.2, -0.15) is 0 Å². The quantitative estimate of drug-likeness (QED) is 0.422. The van der Waals surface area contributed by atoms with Crippen molar-refractivity contribution in [2.45, 2.75) is 32.8 Å². The lowest BCUT2D eigenvalue weighted by Gasteiger charge is -2.36. The zero-order valence-electron chi connectivity index (χ0n) is 17.1. The molecular weight excluding hydrogens is 340 g/mol. The van der Waals surface area contributed by atoms with Gasteiger partial charge in [-0.05, 0) is 40.4 Å². The molecule has 0 radical (unpaired) electrons. The van der Waals surface area contributed by atoms with Gasteiger partial charge in [-0.3, -0.25) is 0 Å². The third-order valence-corrected chi connectivity index (χ3v) is 6.82. The Kier molecular flexibility index (Phi) is 5.12. The Bertz CT molecular complexity index is 789. The van der Waals surface area contributed by atoms with Crippen LogP contribution in [0, 0.1) is 17.3 Å². The van der Waals surface area contributed by atoms with Gasteiger partial charge in [0.15, 0.2) is 0 Å². The molecule has 4 rings (SSSR count). The minimum Gasteiger partial charge on any atom is -0.361 e. The van der Waals surface area contributed by atoms with Gasteiger partial charge in [-0.1, -0.05) is 112 Å². The van der Waals surface area contributed by atoms with Crippen LogP contribution in [0.3, 0.4) is 0 Å². The maximum absolute atomic E-state index is 6.96. The van der Waals surface area contributed by atoms with Gasteiger partial charge in [0.05, 0.1) is 6.61 Å². The van der Waals surface area contributed by atoms with Crippen molar-refractivity contribution in [2.75, 3.05) is 6.61 Å². The van der Waals surface area contributed by atoms with Crippen molar-refractivity contribution in [3.8, 4) is 0 Å². The highest BCUT2D eigenvalue weighted by molar-refractivity contribution is 5.47. The molecule has 1 fully saturated rings. The van der Waals surface area contributed by atoms with Gasteiger partial charge in [-0.25, -0.2) is 0 Å². The first-order valence-corrected chi connectivity index (χ1v) is 10.4. The Balaban J connectivity index is 1.80. The van der Waals surface area contributed by atoms with Crippen molar-refractivity contribution in [1.82, 2.24) is 0 Å². The second kappa shape index (κ2) is 7.56. The van der Waals surface area contributed by atoms with Crippen LogP contribution in [-0.2, 0) is 10.3 Å². The van der Waals surface area contributed by atoms with E-state index in [4.69, 9.17) is 4.74 Å². The summed E-state index contributed by atoms with van der Waals surface area (Å²) in [5.41, 5.74) is 3.35. The van der Waals surface area contributed by atoms with E-state index in [0.29, 0.717) is 17.3 Å². The van der Waals surface area contributed by atoms with Crippen LogP contribution in [0.4, 0.5) is 0 Å². The van der Waals surface area contributed by atoms with Gasteiger partial charge in [0.25, 0.3) is 0 Å². The fourth-order valence-corrected chi connectivity index (χ4v) is 4.42. The number of ether oxygens (including phenoxy) is 1. The summed E-state index contributed by atoms with van der Waals surface area (Å²) in [5.74, 6) is 1.30. The van der Waals surface area contributed by atoms with Crippen LogP contribution in [0.5, 0.6) is 0 Å². The van der Waals surface area contributed by atoms with Crippen molar-refractivity contribution >= 4 is 0 Å². The summed E-state index contributed by atoms with van der Waals surface area (Å²) in [6.45, 7) is 7.84. The highest BCUT2D eigenvalue weighted by atomic mass is 16.5. The predicted molar refractivity (Wildman–Crippen MR) is 116 cm³/mol. The van der Waals surface area contributed by atoms with Crippen LogP contribution in [0.25, 0.3) is 0 Å². The van der Waals surface area contributed by atoms with E-state index in [1.807, 2.05) is 0 Å². The van der Waals surface area contributed by atoms with Crippen LogP contribution in [-0.4, -0.2) is 6.61 Å². The van der Waals surface area contributed by atoms with Crippen LogP contribution in [0.15, 0.2) is 91.0 Å². The minimum absolute atomic E-state index is 0.399. The molecule has 144 valence electrons. The lowest BCUT2D eigenvalue weighted by Crippen LogP contribution is -2.34. The van der Waals surface area contributed by atoms with E-state index in [1.54, 1.807) is 0 Å². The number of rotatable bonds is 7. The minimum atomic E-state index is -0.593. The summed E-state index contributed by atoms with van der Waals surface area (Å²) in [7, 11) is 0. The first-order valence-electron chi connectivity index (χ1n) is 10.4. The van der Waals surface area contributed by atoms with Gasteiger partial charge in [0.1, 0.15) is 5.60 Å². The standard InChI is InChI=1S/C27H30O/c1-21(2)26(3)19-25(26)20-28-27(22-13-7-4-8-14-22,23-15-9-5-10-16-23)24-17-11-6-12-18-24/h4-18,21,25H,19-20H2,1-3H3/t25-,26-/m0/s1. The average Bonchev–Trinajstić information content (AvgIpc) is 3.43. The van der Waals surface area contributed by atoms with E-state index in [9.17, 15) is 0 Å². The molecule has 0 aromatic heterocycles. The molecule has 1 aliphatic rings. The average molecular weight is 371 g/mol. The fraction of sp³-hybridized carbons (Fsp3) is 0.333. The summed E-state index contributed by atoms with van der Waals surface area (Å²) in [6.07, 6.45) is 1.25. The second-order valence-corrected chi connectivity index (χ2v) is 8.65. The van der Waals surface area contributed by atoms with Gasteiger partial charge in [0, 0.05) is 0 Å². The van der Waals surface area contributed by atoms with Crippen molar-refractivity contribution in [1.29, 1.82) is 0 Å². The van der Waals surface area contributed by atoms with Crippen molar-refractivity contribution in [3.05, 3.63) is 108 Å². The summed E-state index contributed by atoms with van der Waals surface area (Å²) in [4.78, 5) is 0. The third-order valence-electron chi connectivity index (χ3n) is 6.82. The largest absolute Gasteiger partial charge is 0.361 e. The van der Waals surface area contributed by atoms with Crippen molar-refractivity contribution in [2.24, 2.45) is 17.3 Å². The number of hydrogen-bond acceptors (Lipinski definition) is 1. The topological polar surface area (TPSA) is 9.23 Å². The Labute approximate surface area is 169 Å². The molecule has 0 N–H and O–H groups in total. The molecule has 3 aromatic rings. The molecule has 3 aromatic carbocycles. The Morgan fingerprint density at radius 3 is 1.50 bits per heavy atom. The van der Waals surface area contributed by atoms with E-state index in [0.717, 1.165) is 6.61 Å². The van der Waals surface area contributed by atoms with Gasteiger partial charge in [0.2, 0.25) is 0 Å². The molecule has 0 bridgehead atoms. The second-order valence-electron chi connectivity index (χ2n) is 8.65. The Morgan fingerprint density at radius 1 is 0.786 bits per heavy atom. The van der Waals surface area contributed by atoms with E-state index < -0.39 is 5.60 Å². The maximum Gasteiger partial charge on any atom is 0.143 e. The van der Waals surface area contributed by atoms with E-state index >= 15 is 0 Å². The Hall–Kier alpha value is -2.38. The summed E-state index contributed by atoms with van der Waals surface area (Å²) >= 11 is 0. The molecule has 0 saturated heterocycles. The maximum atomic E-state index is 6.96. The summed E-state index contributed by atoms with van der Waals surface area (Å²) in [5, 5.41) is 0. The lowest BCUT2D eigenvalue weighted by atomic mass is 9.80. The summed E-state index contributed by atoms with van der Waals surface area (Å²) in [6, 6.07) is 32.0. The zero-order valence-corrected chi connectivity index (χ0v) is 17.1. The molecule has 0 spiro atoms. The SMILES string of the molecule is CC(C)[C@]1(C)C[C@H]1COC(c1ccccc1)(c1ccccc1)c1ccccc1. The molecule has 1 saturated carbocycles. The normalized spacial score (nSPS) is 21.6. The lowest BCUT2D eigenvalue weighted by molar-refractivity contribution is -0.000294. The molecule has 0 aliphatic heterocycles. The van der Waals surface area contributed by atoms with E-state index in [-0.39, 0.29) is 0 Å². The zero-order chi connectivity index (χ0) is 19.6. The molecule has 1 heteroatoms. The van der Waals surface area contributed by atoms with Crippen molar-refractivity contribution < 1.29 is 4.74 Å². The van der Waals surface area contributed by atoms with Gasteiger partial charge < -0.3 is 4.74 Å². The van der Waals surface area contributed by atoms with Crippen LogP contribution >= 0.6 is 0 Å². The fourth-order valence-electron chi connectivity index (χ4n) is 4.42. The van der Waals surface area contributed by atoms with Crippen LogP contribution in [0.1, 0.15) is 43.9 Å². The summed E-state index contributed by atoms with van der Waals surface area (Å²) < 4.78 is 6.96. The molecule has 0 heterocycles. The number of hydrogen-bond donors (Lipinski definition) is 0. The third kappa shape index (κ3) is 3.29. The van der Waals surface area contributed by atoms with E-state index in [2.05, 4.69) is 112 Å². The van der Waals surface area contributed by atoms with Crippen LogP contribution in [0.2, 0.25) is 0 Å². The Morgan fingerprint density at radius 2 is 1.18 bits per heavy atom. The molecular formula is C27H30O. The molecule has 1 aliphatic carbocycles. The molecule has 2 atom stereocenters.